The molecule has 1 aliphatic carbocycles. The fourth-order valence-electron chi connectivity index (χ4n) is 3.43. The Hall–Kier alpha value is -3.33. The topological polar surface area (TPSA) is 103 Å². The summed E-state index contributed by atoms with van der Waals surface area (Å²) < 4.78 is 5.71. The van der Waals surface area contributed by atoms with Gasteiger partial charge in [-0.1, -0.05) is 31.9 Å². The summed E-state index contributed by atoms with van der Waals surface area (Å²) in [6.45, 7) is 2.12. The SMILES string of the molecule is C[C@@H]1CCCC[C@@H]1NC(=O)/C(C#N)=C/c1ccc(-c2ccc(C(=O)O)cc2)o1. The number of nitrogens with zero attached hydrogens (tertiary/aromatic N) is 1. The van der Waals surface area contributed by atoms with Crippen LogP contribution in [0.25, 0.3) is 17.4 Å². The number of benzene rings is 1. The number of hydrogen-bond acceptors (Lipinski definition) is 4. The third-order valence-electron chi connectivity index (χ3n) is 5.12. The van der Waals surface area contributed by atoms with Gasteiger partial charge in [0, 0.05) is 17.7 Å². The Morgan fingerprint density at radius 2 is 1.89 bits per heavy atom. The molecule has 3 rings (SSSR count). The zero-order valence-corrected chi connectivity index (χ0v) is 15.6. The highest BCUT2D eigenvalue weighted by Gasteiger charge is 2.24. The summed E-state index contributed by atoms with van der Waals surface area (Å²) in [4.78, 5) is 23.4. The monoisotopic (exact) mass is 378 g/mol. The van der Waals surface area contributed by atoms with Crippen molar-refractivity contribution >= 4 is 18.0 Å². The number of aromatic carboxylic acids is 1. The molecule has 1 aromatic heterocycles. The van der Waals surface area contributed by atoms with E-state index in [1.54, 1.807) is 24.3 Å². The summed E-state index contributed by atoms with van der Waals surface area (Å²) >= 11 is 0. The summed E-state index contributed by atoms with van der Waals surface area (Å²) in [5, 5.41) is 21.3. The molecule has 1 amide bonds. The Kier molecular flexibility index (Phi) is 5.95. The molecule has 144 valence electrons. The summed E-state index contributed by atoms with van der Waals surface area (Å²) in [6, 6.07) is 11.7. The molecule has 1 aromatic carbocycles. The van der Waals surface area contributed by atoms with Crippen LogP contribution >= 0.6 is 0 Å². The number of amides is 1. The van der Waals surface area contributed by atoms with E-state index in [0.717, 1.165) is 19.3 Å². The minimum absolute atomic E-state index is 0.0000939. The van der Waals surface area contributed by atoms with Crippen LogP contribution in [0.3, 0.4) is 0 Å². The van der Waals surface area contributed by atoms with Crippen molar-refractivity contribution in [2.75, 3.05) is 0 Å². The van der Waals surface area contributed by atoms with E-state index in [2.05, 4.69) is 12.2 Å². The first-order valence-corrected chi connectivity index (χ1v) is 9.34. The van der Waals surface area contributed by atoms with Gasteiger partial charge in [-0.2, -0.15) is 5.26 Å². The fourth-order valence-corrected chi connectivity index (χ4v) is 3.43. The third kappa shape index (κ3) is 4.49. The van der Waals surface area contributed by atoms with Crippen LogP contribution in [0.15, 0.2) is 46.4 Å². The Balaban J connectivity index is 1.73. The molecule has 0 bridgehead atoms. The molecule has 0 saturated heterocycles. The molecule has 0 spiro atoms. The van der Waals surface area contributed by atoms with Gasteiger partial charge in [0.15, 0.2) is 0 Å². The van der Waals surface area contributed by atoms with Crippen LogP contribution in [0.2, 0.25) is 0 Å². The Morgan fingerprint density at radius 1 is 1.18 bits per heavy atom. The molecular formula is C22H22N2O4. The van der Waals surface area contributed by atoms with Crippen LogP contribution in [-0.4, -0.2) is 23.0 Å². The molecule has 1 aliphatic rings. The Bertz CT molecular complexity index is 934. The number of nitriles is 1. The summed E-state index contributed by atoms with van der Waals surface area (Å²) in [5.74, 6) is -0.0549. The zero-order chi connectivity index (χ0) is 20.1. The smallest absolute Gasteiger partial charge is 0.335 e. The van der Waals surface area contributed by atoms with Gasteiger partial charge in [-0.3, -0.25) is 4.79 Å². The van der Waals surface area contributed by atoms with E-state index < -0.39 is 5.97 Å². The highest BCUT2D eigenvalue weighted by molar-refractivity contribution is 6.01. The summed E-state index contributed by atoms with van der Waals surface area (Å²) in [5.41, 5.74) is 0.902. The first kappa shape index (κ1) is 19.4. The number of rotatable bonds is 5. The molecule has 2 atom stereocenters. The first-order valence-electron chi connectivity index (χ1n) is 9.34. The molecule has 2 aromatic rings. The highest BCUT2D eigenvalue weighted by Crippen LogP contribution is 2.25. The molecule has 28 heavy (non-hydrogen) atoms. The van der Waals surface area contributed by atoms with Gasteiger partial charge in [-0.25, -0.2) is 4.79 Å². The molecular weight excluding hydrogens is 356 g/mol. The molecule has 6 heteroatoms. The van der Waals surface area contributed by atoms with Gasteiger partial charge >= 0.3 is 5.97 Å². The molecule has 1 fully saturated rings. The average molecular weight is 378 g/mol. The lowest BCUT2D eigenvalue weighted by Gasteiger charge is -2.29. The maximum atomic E-state index is 12.5. The zero-order valence-electron chi connectivity index (χ0n) is 15.6. The summed E-state index contributed by atoms with van der Waals surface area (Å²) in [7, 11) is 0. The van der Waals surface area contributed by atoms with Crippen LogP contribution in [0, 0.1) is 17.2 Å². The molecule has 6 nitrogen and oxygen atoms in total. The number of hydrogen-bond donors (Lipinski definition) is 2. The number of carboxylic acids is 1. The van der Waals surface area contributed by atoms with Gasteiger partial charge < -0.3 is 14.8 Å². The minimum Gasteiger partial charge on any atom is -0.478 e. The van der Waals surface area contributed by atoms with Gasteiger partial charge in [0.1, 0.15) is 23.2 Å². The first-order chi connectivity index (χ1) is 13.5. The van der Waals surface area contributed by atoms with Crippen LogP contribution in [0.5, 0.6) is 0 Å². The van der Waals surface area contributed by atoms with Crippen molar-refractivity contribution in [2.24, 2.45) is 5.92 Å². The molecule has 1 saturated carbocycles. The lowest BCUT2D eigenvalue weighted by Crippen LogP contribution is -2.41. The second-order valence-corrected chi connectivity index (χ2v) is 7.10. The number of furan rings is 1. The minimum atomic E-state index is -0.994. The highest BCUT2D eigenvalue weighted by atomic mass is 16.4. The second-order valence-electron chi connectivity index (χ2n) is 7.10. The second kappa shape index (κ2) is 8.57. The fraction of sp³-hybridized carbons (Fsp3) is 0.318. The number of carboxylic acid groups (broad SMARTS) is 1. The van der Waals surface area contributed by atoms with Gasteiger partial charge in [0.05, 0.1) is 5.56 Å². The molecule has 0 unspecified atom stereocenters. The predicted molar refractivity (Wildman–Crippen MR) is 104 cm³/mol. The lowest BCUT2D eigenvalue weighted by molar-refractivity contribution is -0.118. The number of carbonyl (C=O) groups excluding carboxylic acids is 1. The van der Waals surface area contributed by atoms with Gasteiger partial charge in [0.25, 0.3) is 5.91 Å². The molecule has 2 N–H and O–H groups in total. The van der Waals surface area contributed by atoms with E-state index in [0.29, 0.717) is 23.0 Å². The van der Waals surface area contributed by atoms with Gasteiger partial charge in [-0.05, 0) is 43.0 Å². The van der Waals surface area contributed by atoms with Crippen molar-refractivity contribution in [1.82, 2.24) is 5.32 Å². The van der Waals surface area contributed by atoms with Crippen molar-refractivity contribution in [3.63, 3.8) is 0 Å². The predicted octanol–water partition coefficient (Wildman–Crippen LogP) is 4.25. The molecule has 0 radical (unpaired) electrons. The van der Waals surface area contributed by atoms with Crippen molar-refractivity contribution in [3.8, 4) is 17.4 Å². The van der Waals surface area contributed by atoms with E-state index in [4.69, 9.17) is 9.52 Å². The Labute approximate surface area is 163 Å². The number of carbonyl (C=O) groups is 2. The third-order valence-corrected chi connectivity index (χ3v) is 5.12. The number of nitrogens with one attached hydrogen (secondary N) is 1. The van der Waals surface area contributed by atoms with Crippen LogP contribution in [0.4, 0.5) is 0 Å². The van der Waals surface area contributed by atoms with Crippen molar-refractivity contribution in [1.29, 1.82) is 5.26 Å². The maximum Gasteiger partial charge on any atom is 0.335 e. The van der Waals surface area contributed by atoms with E-state index in [1.807, 2.05) is 6.07 Å². The quantitative estimate of drug-likeness (QED) is 0.598. The van der Waals surface area contributed by atoms with Gasteiger partial charge in [0.2, 0.25) is 0 Å². The van der Waals surface area contributed by atoms with Crippen molar-refractivity contribution in [3.05, 3.63) is 53.3 Å². The lowest BCUT2D eigenvalue weighted by atomic mass is 9.86. The van der Waals surface area contributed by atoms with E-state index >= 15 is 0 Å². The Morgan fingerprint density at radius 3 is 2.54 bits per heavy atom. The van der Waals surface area contributed by atoms with Crippen molar-refractivity contribution < 1.29 is 19.1 Å². The van der Waals surface area contributed by atoms with Gasteiger partial charge in [-0.15, -0.1) is 0 Å². The largest absolute Gasteiger partial charge is 0.478 e. The standard InChI is InChI=1S/C22H22N2O4/c1-14-4-2-3-5-19(14)24-21(25)17(13-23)12-18-10-11-20(28-18)15-6-8-16(9-7-15)22(26)27/h6-12,14,19H,2-5H2,1H3,(H,24,25)(H,26,27)/b17-12+/t14-,19+/m1/s1. The van der Waals surface area contributed by atoms with Crippen LogP contribution in [0.1, 0.15) is 48.7 Å². The van der Waals surface area contributed by atoms with Crippen LogP contribution in [-0.2, 0) is 4.79 Å². The normalized spacial score (nSPS) is 19.6. The summed E-state index contributed by atoms with van der Waals surface area (Å²) in [6.07, 6.45) is 5.71. The molecule has 0 aliphatic heterocycles. The van der Waals surface area contributed by atoms with E-state index in [9.17, 15) is 14.9 Å². The maximum absolute atomic E-state index is 12.5. The van der Waals surface area contributed by atoms with Crippen molar-refractivity contribution in [2.45, 2.75) is 38.6 Å². The van der Waals surface area contributed by atoms with E-state index in [-0.39, 0.29) is 23.1 Å². The van der Waals surface area contributed by atoms with E-state index in [1.165, 1.54) is 24.6 Å². The molecule has 1 heterocycles. The average Bonchev–Trinajstić information content (AvgIpc) is 3.16. The van der Waals surface area contributed by atoms with Crippen LogP contribution < -0.4 is 5.32 Å².